The maximum Gasteiger partial charge on any atom is 0.325 e. The monoisotopic (exact) mass is 529 g/mol. The number of aliphatic carboxylic acids is 1. The molecule has 2 fully saturated rings. The van der Waals surface area contributed by atoms with Gasteiger partial charge in [0.1, 0.15) is 12.6 Å². The number of hydrogen-bond donors (Lipinski definition) is 2. The second kappa shape index (κ2) is 12.1. The van der Waals surface area contributed by atoms with E-state index in [1.807, 2.05) is 4.90 Å². The second-order valence-corrected chi connectivity index (χ2v) is 10.6. The zero-order chi connectivity index (χ0) is 26.5. The summed E-state index contributed by atoms with van der Waals surface area (Å²) < 4.78 is 38.8. The first-order chi connectivity index (χ1) is 18.4. The normalized spacial score (nSPS) is 23.9. The molecule has 2 aromatic rings. The van der Waals surface area contributed by atoms with Gasteiger partial charge in [0.05, 0.1) is 23.6 Å². The number of carboxylic acids is 1. The van der Waals surface area contributed by atoms with E-state index in [1.54, 1.807) is 24.3 Å². The molecule has 2 N–H and O–H groups in total. The van der Waals surface area contributed by atoms with Crippen molar-refractivity contribution < 1.29 is 28.2 Å². The van der Waals surface area contributed by atoms with Gasteiger partial charge in [-0.2, -0.15) is 0 Å². The van der Waals surface area contributed by atoms with Gasteiger partial charge in [-0.15, -0.1) is 0 Å². The molecular weight excluding hydrogens is 492 g/mol. The van der Waals surface area contributed by atoms with Crippen LogP contribution in [0.2, 0.25) is 0 Å². The number of carbonyl (C=O) groups is 1. The van der Waals surface area contributed by atoms with E-state index in [9.17, 15) is 18.7 Å². The van der Waals surface area contributed by atoms with Crippen LogP contribution >= 0.6 is 0 Å². The van der Waals surface area contributed by atoms with Crippen molar-refractivity contribution in [2.75, 3.05) is 38.2 Å². The maximum absolute atomic E-state index is 13.6. The number of ether oxygens (including phenoxy) is 2. The number of aryl methyl sites for hydroxylation is 2. The molecule has 1 aromatic heterocycles. The van der Waals surface area contributed by atoms with Crippen LogP contribution in [0.5, 0.6) is 0 Å². The standard InChI is InChI=1S/C29H37F2N3O4/c30-29(31)14-12-26(38-19-29)22-7-1-2-8-23(22)27(28(35)36)34-16-13-21(18-34)37-17-4-3-6-20-10-11-24-25(33-20)9-5-15-32-24/h1-2,7-8,10-11,21,26-27,32H,3-6,9,12-19H2,(H,35,36)/t21-,26?,27?/m1/s1. The maximum atomic E-state index is 13.6. The Labute approximate surface area is 222 Å². The molecule has 0 radical (unpaired) electrons. The molecule has 0 spiro atoms. The zero-order valence-corrected chi connectivity index (χ0v) is 21.7. The number of nitrogens with one attached hydrogen (secondary N) is 1. The van der Waals surface area contributed by atoms with Gasteiger partial charge in [0.15, 0.2) is 0 Å². The molecule has 3 aliphatic rings. The highest BCUT2D eigenvalue weighted by molar-refractivity contribution is 5.76. The Hall–Kier alpha value is -2.62. The van der Waals surface area contributed by atoms with Crippen molar-refractivity contribution in [3.63, 3.8) is 0 Å². The fourth-order valence-electron chi connectivity index (χ4n) is 5.80. The molecule has 4 heterocycles. The average Bonchev–Trinajstić information content (AvgIpc) is 3.37. The average molecular weight is 530 g/mol. The van der Waals surface area contributed by atoms with Crippen molar-refractivity contribution in [3.05, 3.63) is 58.9 Å². The molecule has 0 aliphatic carbocycles. The highest BCUT2D eigenvalue weighted by atomic mass is 19.3. The van der Waals surface area contributed by atoms with Gasteiger partial charge in [0.2, 0.25) is 0 Å². The van der Waals surface area contributed by atoms with Gasteiger partial charge in [0.25, 0.3) is 5.92 Å². The van der Waals surface area contributed by atoms with E-state index in [0.717, 1.165) is 56.5 Å². The molecule has 3 aliphatic heterocycles. The van der Waals surface area contributed by atoms with Gasteiger partial charge in [-0.1, -0.05) is 24.3 Å². The molecule has 2 saturated heterocycles. The predicted molar refractivity (Wildman–Crippen MR) is 140 cm³/mol. The van der Waals surface area contributed by atoms with E-state index in [1.165, 1.54) is 5.69 Å². The number of hydrogen-bond acceptors (Lipinski definition) is 6. The molecule has 38 heavy (non-hydrogen) atoms. The largest absolute Gasteiger partial charge is 0.480 e. The number of benzene rings is 1. The minimum Gasteiger partial charge on any atom is -0.480 e. The van der Waals surface area contributed by atoms with Crippen LogP contribution in [-0.2, 0) is 27.1 Å². The van der Waals surface area contributed by atoms with Crippen molar-refractivity contribution in [3.8, 4) is 0 Å². The Morgan fingerprint density at radius 3 is 2.92 bits per heavy atom. The van der Waals surface area contributed by atoms with Crippen LogP contribution in [0.25, 0.3) is 0 Å². The van der Waals surface area contributed by atoms with Crippen molar-refractivity contribution >= 4 is 11.7 Å². The molecule has 5 rings (SSSR count). The minimum atomic E-state index is -2.83. The number of pyridine rings is 1. The Bertz CT molecular complexity index is 1100. The van der Waals surface area contributed by atoms with E-state index in [4.69, 9.17) is 14.5 Å². The lowest BCUT2D eigenvalue weighted by Crippen LogP contribution is -2.35. The first-order valence-electron chi connectivity index (χ1n) is 13.8. The first kappa shape index (κ1) is 27.0. The fourth-order valence-corrected chi connectivity index (χ4v) is 5.80. The number of fused-ring (bicyclic) bond motifs is 1. The van der Waals surface area contributed by atoms with Crippen LogP contribution in [0.15, 0.2) is 36.4 Å². The van der Waals surface area contributed by atoms with Crippen molar-refractivity contribution in [2.24, 2.45) is 0 Å². The third kappa shape index (κ3) is 6.50. The summed E-state index contributed by atoms with van der Waals surface area (Å²) >= 11 is 0. The number of halogens is 2. The lowest BCUT2D eigenvalue weighted by Gasteiger charge is -2.32. The molecule has 9 heteroatoms. The summed E-state index contributed by atoms with van der Waals surface area (Å²) in [6.07, 6.45) is 5.09. The topological polar surface area (TPSA) is 83.9 Å². The smallest absolute Gasteiger partial charge is 0.325 e. The highest BCUT2D eigenvalue weighted by Crippen LogP contribution is 2.39. The fraction of sp³-hybridized carbons (Fsp3) is 0.586. The number of aromatic nitrogens is 1. The summed E-state index contributed by atoms with van der Waals surface area (Å²) in [6.45, 7) is 2.13. The van der Waals surface area contributed by atoms with E-state index >= 15 is 0 Å². The van der Waals surface area contributed by atoms with Crippen molar-refractivity contribution in [1.82, 2.24) is 9.88 Å². The Morgan fingerprint density at radius 2 is 2.11 bits per heavy atom. The van der Waals surface area contributed by atoms with Gasteiger partial charge in [-0.3, -0.25) is 14.7 Å². The van der Waals surface area contributed by atoms with E-state index in [-0.39, 0.29) is 18.9 Å². The number of likely N-dealkylation sites (tertiary alicyclic amines) is 1. The molecular formula is C29H37F2N3O4. The first-order valence-corrected chi connectivity index (χ1v) is 13.8. The molecule has 206 valence electrons. The van der Waals surface area contributed by atoms with Crippen molar-refractivity contribution in [1.29, 1.82) is 0 Å². The predicted octanol–water partition coefficient (Wildman–Crippen LogP) is 5.17. The number of anilines is 1. The number of nitrogens with zero attached hydrogens (tertiary/aromatic N) is 2. The third-order valence-corrected chi connectivity index (χ3v) is 7.80. The number of unbranched alkanes of at least 4 members (excludes halogenated alkanes) is 1. The number of carboxylic acid groups (broad SMARTS) is 1. The SMILES string of the molecule is O=C(O)C(c1ccccc1C1CCC(F)(F)CO1)N1CC[C@@H](OCCCCc2ccc3c(n2)CCCN3)C1. The lowest BCUT2D eigenvalue weighted by molar-refractivity contribution is -0.147. The summed E-state index contributed by atoms with van der Waals surface area (Å²) in [4.78, 5) is 19.1. The van der Waals surface area contributed by atoms with Gasteiger partial charge in [-0.05, 0) is 68.2 Å². The summed E-state index contributed by atoms with van der Waals surface area (Å²) in [5.41, 5.74) is 4.74. The van der Waals surface area contributed by atoms with E-state index in [0.29, 0.717) is 30.8 Å². The number of alkyl halides is 2. The Kier molecular flexibility index (Phi) is 8.55. The van der Waals surface area contributed by atoms with E-state index in [2.05, 4.69) is 17.4 Å². The van der Waals surface area contributed by atoms with Crippen LogP contribution in [0.3, 0.4) is 0 Å². The molecule has 0 amide bonds. The Morgan fingerprint density at radius 1 is 1.24 bits per heavy atom. The molecule has 0 saturated carbocycles. The van der Waals surface area contributed by atoms with Crippen LogP contribution in [0, 0.1) is 0 Å². The van der Waals surface area contributed by atoms with Gasteiger partial charge < -0.3 is 19.9 Å². The quantitative estimate of drug-likeness (QED) is 0.411. The van der Waals surface area contributed by atoms with E-state index < -0.39 is 30.6 Å². The van der Waals surface area contributed by atoms with Crippen LogP contribution in [-0.4, -0.2) is 65.8 Å². The summed E-state index contributed by atoms with van der Waals surface area (Å²) in [5.74, 6) is -3.78. The highest BCUT2D eigenvalue weighted by Gasteiger charge is 2.40. The van der Waals surface area contributed by atoms with Crippen LogP contribution in [0.1, 0.15) is 73.2 Å². The second-order valence-electron chi connectivity index (χ2n) is 10.6. The summed E-state index contributed by atoms with van der Waals surface area (Å²) in [7, 11) is 0. The van der Waals surface area contributed by atoms with Gasteiger partial charge in [-0.25, -0.2) is 8.78 Å². The zero-order valence-electron chi connectivity index (χ0n) is 21.7. The number of rotatable bonds is 10. The Balaban J connectivity index is 1.12. The molecule has 0 bridgehead atoms. The molecule has 3 atom stereocenters. The lowest BCUT2D eigenvalue weighted by atomic mass is 9.91. The molecule has 1 aromatic carbocycles. The third-order valence-electron chi connectivity index (χ3n) is 7.80. The van der Waals surface area contributed by atoms with Crippen LogP contribution < -0.4 is 5.32 Å². The summed E-state index contributed by atoms with van der Waals surface area (Å²) in [6, 6.07) is 10.6. The van der Waals surface area contributed by atoms with Gasteiger partial charge in [0, 0.05) is 38.4 Å². The minimum absolute atomic E-state index is 0.0263. The van der Waals surface area contributed by atoms with Crippen LogP contribution in [0.4, 0.5) is 14.5 Å². The molecule has 7 nitrogen and oxygen atoms in total. The van der Waals surface area contributed by atoms with Gasteiger partial charge >= 0.3 is 5.97 Å². The van der Waals surface area contributed by atoms with Crippen molar-refractivity contribution in [2.45, 2.75) is 75.5 Å². The molecule has 2 unspecified atom stereocenters. The summed E-state index contributed by atoms with van der Waals surface area (Å²) in [5, 5.41) is 13.5.